The standard InChI is InChI=1S/C11H15FN6.2ClH/c12-9-4-13-2-1-8(9)3-15-10-5-14-6-11-17-16-7-18(10)11;;/h5-9,13,15H,1-4H2;2*1H/t8-,9-;;/m1../s1. The Morgan fingerprint density at radius 1 is 1.40 bits per heavy atom. The Morgan fingerprint density at radius 3 is 3.05 bits per heavy atom. The third kappa shape index (κ3) is 3.47. The molecule has 0 radical (unpaired) electrons. The Bertz CT molecular complexity index is 536. The summed E-state index contributed by atoms with van der Waals surface area (Å²) in [6.45, 7) is 1.92. The van der Waals surface area contributed by atoms with Gasteiger partial charge in [0.15, 0.2) is 5.65 Å². The molecule has 0 amide bonds. The highest BCUT2D eigenvalue weighted by atomic mass is 35.5. The first-order valence-corrected chi connectivity index (χ1v) is 6.07. The van der Waals surface area contributed by atoms with Crippen molar-refractivity contribution in [3.63, 3.8) is 0 Å². The van der Waals surface area contributed by atoms with E-state index >= 15 is 0 Å². The highest BCUT2D eigenvalue weighted by molar-refractivity contribution is 5.85. The van der Waals surface area contributed by atoms with Crippen molar-refractivity contribution in [2.75, 3.05) is 25.0 Å². The number of piperidine rings is 1. The molecule has 2 aromatic heterocycles. The fraction of sp³-hybridized carbons (Fsp3) is 0.545. The van der Waals surface area contributed by atoms with Crippen molar-refractivity contribution in [1.29, 1.82) is 0 Å². The van der Waals surface area contributed by atoms with Crippen molar-refractivity contribution in [1.82, 2.24) is 24.9 Å². The van der Waals surface area contributed by atoms with Crippen LogP contribution in [0.1, 0.15) is 6.42 Å². The van der Waals surface area contributed by atoms with Gasteiger partial charge in [-0.25, -0.2) is 4.39 Å². The Balaban J connectivity index is 0.000001000. The van der Waals surface area contributed by atoms with Crippen molar-refractivity contribution in [3.8, 4) is 0 Å². The molecule has 20 heavy (non-hydrogen) atoms. The third-order valence-corrected chi connectivity index (χ3v) is 3.31. The van der Waals surface area contributed by atoms with Crippen molar-refractivity contribution in [2.45, 2.75) is 12.6 Å². The number of hydrogen-bond donors (Lipinski definition) is 2. The van der Waals surface area contributed by atoms with Gasteiger partial charge >= 0.3 is 0 Å². The van der Waals surface area contributed by atoms with Gasteiger partial charge in [0.1, 0.15) is 18.3 Å². The number of anilines is 1. The fourth-order valence-corrected chi connectivity index (χ4v) is 2.23. The van der Waals surface area contributed by atoms with Gasteiger partial charge in [-0.15, -0.1) is 35.0 Å². The van der Waals surface area contributed by atoms with E-state index < -0.39 is 6.17 Å². The summed E-state index contributed by atoms with van der Waals surface area (Å²) in [7, 11) is 0. The molecule has 0 bridgehead atoms. The highest BCUT2D eigenvalue weighted by Crippen LogP contribution is 2.17. The summed E-state index contributed by atoms with van der Waals surface area (Å²) in [5.74, 6) is 0.834. The van der Waals surface area contributed by atoms with Crippen LogP contribution in [0.4, 0.5) is 10.2 Å². The zero-order valence-electron chi connectivity index (χ0n) is 10.7. The minimum Gasteiger partial charge on any atom is -0.369 e. The summed E-state index contributed by atoms with van der Waals surface area (Å²) in [5.41, 5.74) is 0.683. The minimum absolute atomic E-state index is 0. The van der Waals surface area contributed by atoms with Crippen LogP contribution in [0.5, 0.6) is 0 Å². The molecule has 1 aliphatic rings. The normalized spacial score (nSPS) is 21.9. The number of rotatable bonds is 3. The van der Waals surface area contributed by atoms with E-state index in [9.17, 15) is 4.39 Å². The molecule has 0 aromatic carbocycles. The molecule has 0 saturated carbocycles. The first-order chi connectivity index (χ1) is 8.84. The SMILES string of the molecule is Cl.Cl.F[C@@H]1CNCC[C@@H]1CNc1cncc2nncn12. The number of nitrogens with one attached hydrogen (secondary N) is 2. The Morgan fingerprint density at radius 2 is 2.25 bits per heavy atom. The second kappa shape index (κ2) is 7.56. The zero-order valence-corrected chi connectivity index (χ0v) is 12.3. The summed E-state index contributed by atoms with van der Waals surface area (Å²) in [6, 6.07) is 0. The van der Waals surface area contributed by atoms with Gasteiger partial charge in [0.25, 0.3) is 0 Å². The average molecular weight is 323 g/mol. The van der Waals surface area contributed by atoms with Gasteiger partial charge in [0.2, 0.25) is 0 Å². The maximum atomic E-state index is 13.7. The summed E-state index contributed by atoms with van der Waals surface area (Å²) in [6.07, 6.45) is 5.01. The molecule has 2 N–H and O–H groups in total. The van der Waals surface area contributed by atoms with Gasteiger partial charge < -0.3 is 10.6 Å². The average Bonchev–Trinajstić information content (AvgIpc) is 2.86. The topological polar surface area (TPSA) is 67.1 Å². The molecule has 1 aliphatic heterocycles. The summed E-state index contributed by atoms with van der Waals surface area (Å²) < 4.78 is 15.5. The van der Waals surface area contributed by atoms with Gasteiger partial charge in [-0.05, 0) is 13.0 Å². The van der Waals surface area contributed by atoms with Crippen molar-refractivity contribution in [3.05, 3.63) is 18.7 Å². The number of fused-ring (bicyclic) bond motifs is 1. The smallest absolute Gasteiger partial charge is 0.180 e. The van der Waals surface area contributed by atoms with Crippen LogP contribution in [-0.2, 0) is 0 Å². The lowest BCUT2D eigenvalue weighted by atomic mass is 9.96. The molecule has 2 atom stereocenters. The lowest BCUT2D eigenvalue weighted by Crippen LogP contribution is -2.41. The molecule has 3 rings (SSSR count). The molecule has 0 aliphatic carbocycles. The van der Waals surface area contributed by atoms with E-state index in [4.69, 9.17) is 0 Å². The number of alkyl halides is 1. The van der Waals surface area contributed by atoms with Crippen LogP contribution >= 0.6 is 24.8 Å². The van der Waals surface area contributed by atoms with Crippen molar-refractivity contribution >= 4 is 36.3 Å². The van der Waals surface area contributed by atoms with Gasteiger partial charge in [-0.1, -0.05) is 0 Å². The fourth-order valence-electron chi connectivity index (χ4n) is 2.23. The molecule has 1 fully saturated rings. The largest absolute Gasteiger partial charge is 0.369 e. The first-order valence-electron chi connectivity index (χ1n) is 6.07. The first kappa shape index (κ1) is 16.9. The quantitative estimate of drug-likeness (QED) is 0.892. The summed E-state index contributed by atoms with van der Waals surface area (Å²) in [5, 5.41) is 14.0. The van der Waals surface area contributed by atoms with Gasteiger partial charge in [-0.3, -0.25) is 9.38 Å². The molecular weight excluding hydrogens is 306 g/mol. The molecular formula is C11H17Cl2FN6. The van der Waals surface area contributed by atoms with E-state index in [0.29, 0.717) is 18.7 Å². The van der Waals surface area contributed by atoms with Gasteiger partial charge in [0.05, 0.1) is 12.4 Å². The van der Waals surface area contributed by atoms with Crippen molar-refractivity contribution < 1.29 is 4.39 Å². The summed E-state index contributed by atoms with van der Waals surface area (Å²) in [4.78, 5) is 4.08. The van der Waals surface area contributed by atoms with Crippen LogP contribution in [0.25, 0.3) is 5.65 Å². The van der Waals surface area contributed by atoms with E-state index in [1.165, 1.54) is 0 Å². The number of halogens is 3. The third-order valence-electron chi connectivity index (χ3n) is 3.31. The van der Waals surface area contributed by atoms with Gasteiger partial charge in [0, 0.05) is 19.0 Å². The maximum Gasteiger partial charge on any atom is 0.180 e. The lowest BCUT2D eigenvalue weighted by molar-refractivity contribution is 0.189. The van der Waals surface area contributed by atoms with E-state index in [2.05, 4.69) is 25.8 Å². The Labute approximate surface area is 128 Å². The van der Waals surface area contributed by atoms with E-state index in [0.717, 1.165) is 18.8 Å². The molecule has 2 aromatic rings. The zero-order chi connectivity index (χ0) is 12.4. The molecule has 9 heteroatoms. The van der Waals surface area contributed by atoms with E-state index in [1.807, 2.05) is 0 Å². The van der Waals surface area contributed by atoms with Crippen LogP contribution in [0.3, 0.4) is 0 Å². The van der Waals surface area contributed by atoms with E-state index in [-0.39, 0.29) is 30.7 Å². The van der Waals surface area contributed by atoms with Crippen molar-refractivity contribution in [2.24, 2.45) is 5.92 Å². The van der Waals surface area contributed by atoms with Crippen LogP contribution in [0, 0.1) is 5.92 Å². The molecule has 0 unspecified atom stereocenters. The monoisotopic (exact) mass is 322 g/mol. The molecule has 1 saturated heterocycles. The van der Waals surface area contributed by atoms with Gasteiger partial charge in [-0.2, -0.15) is 0 Å². The predicted octanol–water partition coefficient (Wildman–Crippen LogP) is 1.33. The van der Waals surface area contributed by atoms with E-state index in [1.54, 1.807) is 23.1 Å². The lowest BCUT2D eigenvalue weighted by Gasteiger charge is -2.27. The second-order valence-corrected chi connectivity index (χ2v) is 4.50. The molecule has 112 valence electrons. The molecule has 0 spiro atoms. The number of hydrogen-bond acceptors (Lipinski definition) is 5. The Kier molecular flexibility index (Phi) is 6.38. The Hall–Kier alpha value is -1.18. The minimum atomic E-state index is -0.792. The highest BCUT2D eigenvalue weighted by Gasteiger charge is 2.24. The predicted molar refractivity (Wildman–Crippen MR) is 79.6 cm³/mol. The van der Waals surface area contributed by atoms with Crippen LogP contribution < -0.4 is 10.6 Å². The summed E-state index contributed by atoms with van der Waals surface area (Å²) >= 11 is 0. The molecule has 3 heterocycles. The number of nitrogens with zero attached hydrogens (tertiary/aromatic N) is 4. The molecule has 6 nitrogen and oxygen atoms in total. The van der Waals surface area contributed by atoms with Crippen LogP contribution in [0.15, 0.2) is 18.7 Å². The second-order valence-electron chi connectivity index (χ2n) is 4.50. The van der Waals surface area contributed by atoms with Crippen LogP contribution in [0.2, 0.25) is 0 Å². The maximum absolute atomic E-state index is 13.7. The van der Waals surface area contributed by atoms with Crippen LogP contribution in [-0.4, -0.2) is 45.4 Å². The number of aromatic nitrogens is 4.